The van der Waals surface area contributed by atoms with Crippen molar-refractivity contribution in [3.63, 3.8) is 0 Å². The fraction of sp³-hybridized carbons (Fsp3) is 0.619. The quantitative estimate of drug-likeness (QED) is 0.851. The van der Waals surface area contributed by atoms with Gasteiger partial charge in [-0.1, -0.05) is 13.0 Å². The highest BCUT2D eigenvalue weighted by atomic mass is 16.5. The van der Waals surface area contributed by atoms with Gasteiger partial charge in [0.15, 0.2) is 0 Å². The van der Waals surface area contributed by atoms with Crippen LogP contribution in [-0.2, 0) is 30.9 Å². The van der Waals surface area contributed by atoms with Crippen molar-refractivity contribution in [2.45, 2.75) is 57.2 Å². The summed E-state index contributed by atoms with van der Waals surface area (Å²) < 4.78 is 17.1. The predicted molar refractivity (Wildman–Crippen MR) is 99.2 cm³/mol. The van der Waals surface area contributed by atoms with Gasteiger partial charge in [0.1, 0.15) is 11.5 Å². The Bertz CT molecular complexity index is 715. The molecule has 1 aromatic rings. The van der Waals surface area contributed by atoms with Crippen molar-refractivity contribution in [2.24, 2.45) is 5.92 Å². The Labute approximate surface area is 159 Å². The van der Waals surface area contributed by atoms with E-state index in [4.69, 9.17) is 14.2 Å². The molecular formula is C21H28O6. The first kappa shape index (κ1) is 19.8. The summed E-state index contributed by atoms with van der Waals surface area (Å²) in [6, 6.07) is 5.64. The molecule has 0 aromatic heterocycles. The number of aliphatic carboxylic acids is 1. The van der Waals surface area contributed by atoms with E-state index in [1.165, 1.54) is 0 Å². The average molecular weight is 376 g/mol. The lowest BCUT2D eigenvalue weighted by atomic mass is 9.59. The molecule has 1 N–H and O–H groups in total. The average Bonchev–Trinajstić information content (AvgIpc) is 2.87. The Morgan fingerprint density at radius 1 is 1.33 bits per heavy atom. The SMILES string of the molecule is CCC1Cc2ccc(OC)cc2C(CC(=O)O)(C2CC(C)OCCO2)C1=O. The Morgan fingerprint density at radius 2 is 2.07 bits per heavy atom. The normalized spacial score (nSPS) is 31.1. The second-order valence-corrected chi connectivity index (χ2v) is 7.52. The van der Waals surface area contributed by atoms with Crippen LogP contribution in [0, 0.1) is 5.92 Å². The first-order chi connectivity index (χ1) is 12.9. The molecule has 1 saturated heterocycles. The molecule has 0 spiro atoms. The Kier molecular flexibility index (Phi) is 5.86. The summed E-state index contributed by atoms with van der Waals surface area (Å²) in [7, 11) is 1.57. The molecule has 1 aromatic carbocycles. The molecule has 1 fully saturated rings. The van der Waals surface area contributed by atoms with Crippen molar-refractivity contribution in [1.82, 2.24) is 0 Å². The number of ketones is 1. The predicted octanol–water partition coefficient (Wildman–Crippen LogP) is 2.75. The minimum atomic E-state index is -1.23. The Balaban J connectivity index is 2.22. The fourth-order valence-electron chi connectivity index (χ4n) is 4.55. The summed E-state index contributed by atoms with van der Waals surface area (Å²) in [6.45, 7) is 4.70. The zero-order valence-electron chi connectivity index (χ0n) is 16.2. The number of carboxylic acid groups (broad SMARTS) is 1. The monoisotopic (exact) mass is 376 g/mol. The second-order valence-electron chi connectivity index (χ2n) is 7.52. The van der Waals surface area contributed by atoms with E-state index >= 15 is 0 Å². The number of Topliss-reactive ketones (excluding diaryl/α,β-unsaturated/α-hetero) is 1. The van der Waals surface area contributed by atoms with Gasteiger partial charge in [0.25, 0.3) is 0 Å². The maximum atomic E-state index is 13.7. The molecule has 0 amide bonds. The van der Waals surface area contributed by atoms with Crippen molar-refractivity contribution in [3.05, 3.63) is 29.3 Å². The number of carboxylic acids is 1. The molecule has 0 radical (unpaired) electrons. The Morgan fingerprint density at radius 3 is 2.74 bits per heavy atom. The smallest absolute Gasteiger partial charge is 0.304 e. The lowest BCUT2D eigenvalue weighted by molar-refractivity contribution is -0.149. The zero-order chi connectivity index (χ0) is 19.6. The maximum Gasteiger partial charge on any atom is 0.304 e. The van der Waals surface area contributed by atoms with Crippen LogP contribution in [0.4, 0.5) is 0 Å². The van der Waals surface area contributed by atoms with Crippen molar-refractivity contribution >= 4 is 11.8 Å². The van der Waals surface area contributed by atoms with Crippen LogP contribution in [0.5, 0.6) is 5.75 Å². The largest absolute Gasteiger partial charge is 0.497 e. The molecule has 0 bridgehead atoms. The van der Waals surface area contributed by atoms with E-state index in [1.54, 1.807) is 7.11 Å². The van der Waals surface area contributed by atoms with Crippen LogP contribution < -0.4 is 4.74 Å². The van der Waals surface area contributed by atoms with Crippen molar-refractivity contribution in [1.29, 1.82) is 0 Å². The summed E-state index contributed by atoms with van der Waals surface area (Å²) in [5.74, 6) is -0.639. The number of ether oxygens (including phenoxy) is 3. The topological polar surface area (TPSA) is 82.1 Å². The molecule has 4 unspecified atom stereocenters. The van der Waals surface area contributed by atoms with Gasteiger partial charge >= 0.3 is 5.97 Å². The molecule has 6 nitrogen and oxygen atoms in total. The number of carbonyl (C=O) groups is 2. The van der Waals surface area contributed by atoms with E-state index in [0.29, 0.717) is 38.2 Å². The summed E-state index contributed by atoms with van der Waals surface area (Å²) in [5, 5.41) is 9.76. The van der Waals surface area contributed by atoms with Crippen molar-refractivity contribution in [3.8, 4) is 5.75 Å². The highest BCUT2D eigenvalue weighted by Crippen LogP contribution is 2.47. The lowest BCUT2D eigenvalue weighted by Crippen LogP contribution is -2.55. The molecule has 1 heterocycles. The number of methoxy groups -OCH3 is 1. The number of carbonyl (C=O) groups excluding carboxylic acids is 1. The van der Waals surface area contributed by atoms with Gasteiger partial charge in [0, 0.05) is 12.3 Å². The van der Waals surface area contributed by atoms with Gasteiger partial charge in [-0.3, -0.25) is 9.59 Å². The van der Waals surface area contributed by atoms with Crippen molar-refractivity contribution in [2.75, 3.05) is 20.3 Å². The summed E-state index contributed by atoms with van der Waals surface area (Å²) in [5.41, 5.74) is 0.513. The molecular weight excluding hydrogens is 348 g/mol. The van der Waals surface area contributed by atoms with Crippen LogP contribution in [0.25, 0.3) is 0 Å². The number of benzene rings is 1. The number of hydrogen-bond acceptors (Lipinski definition) is 5. The highest BCUT2D eigenvalue weighted by Gasteiger charge is 2.55. The van der Waals surface area contributed by atoms with Gasteiger partial charge in [-0.2, -0.15) is 0 Å². The van der Waals surface area contributed by atoms with Crippen LogP contribution in [0.15, 0.2) is 18.2 Å². The van der Waals surface area contributed by atoms with E-state index in [-0.39, 0.29) is 24.2 Å². The molecule has 2 aliphatic rings. The van der Waals surface area contributed by atoms with E-state index in [1.807, 2.05) is 32.0 Å². The summed E-state index contributed by atoms with van der Waals surface area (Å²) >= 11 is 0. The van der Waals surface area contributed by atoms with E-state index < -0.39 is 17.5 Å². The van der Waals surface area contributed by atoms with Crippen LogP contribution >= 0.6 is 0 Å². The Hall–Kier alpha value is -1.92. The zero-order valence-corrected chi connectivity index (χ0v) is 16.2. The number of fused-ring (bicyclic) bond motifs is 1. The van der Waals surface area contributed by atoms with E-state index in [9.17, 15) is 14.7 Å². The van der Waals surface area contributed by atoms with Gasteiger partial charge in [-0.05, 0) is 43.0 Å². The standard InChI is InChI=1S/C21H28O6/c1-4-14-10-15-5-6-16(25-3)11-17(15)21(20(14)24,12-19(22)23)18-9-13(2)26-7-8-27-18/h5-6,11,13-14,18H,4,7-10,12H2,1-3H3,(H,22,23). The van der Waals surface area contributed by atoms with Gasteiger partial charge in [-0.25, -0.2) is 0 Å². The molecule has 4 atom stereocenters. The third-order valence-corrected chi connectivity index (χ3v) is 5.90. The van der Waals surface area contributed by atoms with E-state index in [2.05, 4.69) is 0 Å². The summed E-state index contributed by atoms with van der Waals surface area (Å²) in [4.78, 5) is 25.6. The number of rotatable bonds is 5. The third-order valence-electron chi connectivity index (χ3n) is 5.90. The molecule has 27 heavy (non-hydrogen) atoms. The molecule has 3 rings (SSSR count). The van der Waals surface area contributed by atoms with E-state index in [0.717, 1.165) is 11.1 Å². The minimum absolute atomic E-state index is 0.0350. The minimum Gasteiger partial charge on any atom is -0.497 e. The number of hydrogen-bond donors (Lipinski definition) is 1. The lowest BCUT2D eigenvalue weighted by Gasteiger charge is -2.45. The first-order valence-electron chi connectivity index (χ1n) is 9.59. The van der Waals surface area contributed by atoms with Crippen LogP contribution in [0.1, 0.15) is 44.2 Å². The summed E-state index contributed by atoms with van der Waals surface area (Å²) in [6.07, 6.45) is 0.830. The first-order valence-corrected chi connectivity index (χ1v) is 9.59. The fourth-order valence-corrected chi connectivity index (χ4v) is 4.55. The molecule has 6 heteroatoms. The van der Waals surface area contributed by atoms with Crippen LogP contribution in [0.2, 0.25) is 0 Å². The van der Waals surface area contributed by atoms with Gasteiger partial charge in [0.05, 0.1) is 44.4 Å². The van der Waals surface area contributed by atoms with Crippen LogP contribution in [-0.4, -0.2) is 49.4 Å². The second kappa shape index (κ2) is 7.98. The van der Waals surface area contributed by atoms with Gasteiger partial charge in [0.2, 0.25) is 0 Å². The molecule has 1 aliphatic heterocycles. The highest BCUT2D eigenvalue weighted by molar-refractivity contribution is 5.98. The van der Waals surface area contributed by atoms with Crippen LogP contribution in [0.3, 0.4) is 0 Å². The maximum absolute atomic E-state index is 13.7. The molecule has 148 valence electrons. The van der Waals surface area contributed by atoms with Crippen molar-refractivity contribution < 1.29 is 28.9 Å². The van der Waals surface area contributed by atoms with Gasteiger partial charge in [-0.15, -0.1) is 0 Å². The third kappa shape index (κ3) is 3.60. The van der Waals surface area contributed by atoms with Gasteiger partial charge < -0.3 is 19.3 Å². The molecule has 0 saturated carbocycles. The molecule has 1 aliphatic carbocycles.